The third kappa shape index (κ3) is 5.75. The normalized spacial score (nSPS) is 10.4. The molecule has 0 saturated carbocycles. The zero-order chi connectivity index (χ0) is 24.8. The third-order valence-electron chi connectivity index (χ3n) is 4.72. The van der Waals surface area contributed by atoms with Crippen LogP contribution in [0.2, 0.25) is 5.02 Å². The Hall–Kier alpha value is -4.25. The number of halogens is 1. The molecule has 3 rings (SSSR count). The second kappa shape index (κ2) is 10.6. The number of para-hydroxylation sites is 1. The molecule has 1 aromatic heterocycles. The standard InChI is InChI=1S/C22H20ClN5O6/c1-13-21(14(2)27(26-13)16-6-4-3-5-7-16)25-19(29)12-34-20(30)11-24-22(31)15-8-9-17(23)18(10-15)28(32)33/h3-10H,11-12H2,1-2H3,(H,24,31)(H,25,29). The van der Waals surface area contributed by atoms with E-state index in [1.165, 1.54) is 12.1 Å². The van der Waals surface area contributed by atoms with Crippen LogP contribution >= 0.6 is 11.6 Å². The number of benzene rings is 2. The molecule has 0 saturated heterocycles. The van der Waals surface area contributed by atoms with Crippen molar-refractivity contribution >= 4 is 40.8 Å². The Kier molecular flexibility index (Phi) is 7.59. The second-order valence-electron chi connectivity index (χ2n) is 7.11. The van der Waals surface area contributed by atoms with Gasteiger partial charge in [0.1, 0.15) is 11.6 Å². The molecular formula is C22H20ClN5O6. The summed E-state index contributed by atoms with van der Waals surface area (Å²) in [6.07, 6.45) is 0. The molecule has 2 amide bonds. The molecular weight excluding hydrogens is 466 g/mol. The number of nitrogens with zero attached hydrogens (tertiary/aromatic N) is 3. The first kappa shape index (κ1) is 24.4. The number of aryl methyl sites for hydroxylation is 1. The molecule has 2 N–H and O–H groups in total. The minimum atomic E-state index is -0.861. The molecule has 2 aromatic carbocycles. The van der Waals surface area contributed by atoms with Gasteiger partial charge in [-0.25, -0.2) is 4.68 Å². The largest absolute Gasteiger partial charge is 0.454 e. The van der Waals surface area contributed by atoms with E-state index in [-0.39, 0.29) is 10.6 Å². The molecule has 0 aliphatic rings. The summed E-state index contributed by atoms with van der Waals surface area (Å²) in [5.41, 5.74) is 2.13. The molecule has 0 spiro atoms. The van der Waals surface area contributed by atoms with E-state index >= 15 is 0 Å². The molecule has 0 aliphatic carbocycles. The topological polar surface area (TPSA) is 145 Å². The molecule has 0 aliphatic heterocycles. The summed E-state index contributed by atoms with van der Waals surface area (Å²) in [7, 11) is 0. The van der Waals surface area contributed by atoms with Crippen LogP contribution in [-0.4, -0.2) is 45.6 Å². The number of esters is 1. The highest BCUT2D eigenvalue weighted by molar-refractivity contribution is 6.32. The highest BCUT2D eigenvalue weighted by Gasteiger charge is 2.18. The second-order valence-corrected chi connectivity index (χ2v) is 7.52. The monoisotopic (exact) mass is 485 g/mol. The van der Waals surface area contributed by atoms with Gasteiger partial charge in [-0.05, 0) is 38.1 Å². The summed E-state index contributed by atoms with van der Waals surface area (Å²) in [6.45, 7) is 2.43. The molecule has 0 radical (unpaired) electrons. The first-order chi connectivity index (χ1) is 16.2. The van der Waals surface area contributed by atoms with E-state index in [4.69, 9.17) is 16.3 Å². The van der Waals surface area contributed by atoms with Crippen LogP contribution < -0.4 is 10.6 Å². The van der Waals surface area contributed by atoms with Crippen molar-refractivity contribution < 1.29 is 24.0 Å². The number of nitro benzene ring substituents is 1. The van der Waals surface area contributed by atoms with E-state index in [0.717, 1.165) is 11.8 Å². The number of ether oxygens (including phenoxy) is 1. The van der Waals surface area contributed by atoms with E-state index in [1.54, 1.807) is 18.5 Å². The molecule has 11 nitrogen and oxygen atoms in total. The third-order valence-corrected chi connectivity index (χ3v) is 5.04. The van der Waals surface area contributed by atoms with Crippen LogP contribution in [0.3, 0.4) is 0 Å². The maximum absolute atomic E-state index is 12.3. The number of carbonyl (C=O) groups excluding carboxylic acids is 3. The van der Waals surface area contributed by atoms with Gasteiger partial charge in [-0.3, -0.25) is 24.5 Å². The van der Waals surface area contributed by atoms with Crippen molar-refractivity contribution in [3.8, 4) is 5.69 Å². The van der Waals surface area contributed by atoms with Crippen molar-refractivity contribution in [2.24, 2.45) is 0 Å². The predicted octanol–water partition coefficient (Wildman–Crippen LogP) is 2.96. The molecule has 0 unspecified atom stereocenters. The predicted molar refractivity (Wildman–Crippen MR) is 123 cm³/mol. The SMILES string of the molecule is Cc1nn(-c2ccccc2)c(C)c1NC(=O)COC(=O)CNC(=O)c1ccc(Cl)c([N+](=O)[O-])c1. The van der Waals surface area contributed by atoms with E-state index in [9.17, 15) is 24.5 Å². The Balaban J connectivity index is 1.52. The van der Waals surface area contributed by atoms with E-state index in [0.29, 0.717) is 17.1 Å². The minimum Gasteiger partial charge on any atom is -0.454 e. The van der Waals surface area contributed by atoms with Gasteiger partial charge in [0.15, 0.2) is 6.61 Å². The number of nitro groups is 1. The molecule has 34 heavy (non-hydrogen) atoms. The zero-order valence-electron chi connectivity index (χ0n) is 18.2. The first-order valence-corrected chi connectivity index (χ1v) is 10.3. The van der Waals surface area contributed by atoms with Crippen LogP contribution in [0.1, 0.15) is 21.7 Å². The number of hydrogen-bond acceptors (Lipinski definition) is 7. The minimum absolute atomic E-state index is 0.0528. The first-order valence-electron chi connectivity index (χ1n) is 9.96. The Morgan fingerprint density at radius 2 is 1.85 bits per heavy atom. The molecule has 0 atom stereocenters. The molecule has 0 fully saturated rings. The molecule has 176 valence electrons. The van der Waals surface area contributed by atoms with Crippen LogP contribution in [0.5, 0.6) is 0 Å². The smallest absolute Gasteiger partial charge is 0.325 e. The Bertz CT molecular complexity index is 1260. The van der Waals surface area contributed by atoms with Gasteiger partial charge >= 0.3 is 5.97 Å². The van der Waals surface area contributed by atoms with E-state index < -0.39 is 41.5 Å². The summed E-state index contributed by atoms with van der Waals surface area (Å²) in [4.78, 5) is 46.5. The van der Waals surface area contributed by atoms with E-state index in [2.05, 4.69) is 15.7 Å². The summed E-state index contributed by atoms with van der Waals surface area (Å²) in [5.74, 6) is -2.17. The molecule has 0 bridgehead atoms. The molecule has 3 aromatic rings. The summed E-state index contributed by atoms with van der Waals surface area (Å²) in [5, 5.41) is 20.2. The highest BCUT2D eigenvalue weighted by atomic mass is 35.5. The van der Waals surface area contributed by atoms with Gasteiger partial charge in [-0.2, -0.15) is 5.10 Å². The van der Waals surface area contributed by atoms with Crippen LogP contribution in [-0.2, 0) is 14.3 Å². The number of anilines is 1. The van der Waals surface area contributed by atoms with Crippen LogP contribution in [0.25, 0.3) is 5.69 Å². The van der Waals surface area contributed by atoms with Crippen molar-refractivity contribution in [2.45, 2.75) is 13.8 Å². The zero-order valence-corrected chi connectivity index (χ0v) is 19.0. The Morgan fingerprint density at radius 3 is 2.53 bits per heavy atom. The lowest BCUT2D eigenvalue weighted by atomic mass is 10.2. The summed E-state index contributed by atoms with van der Waals surface area (Å²) in [6, 6.07) is 12.9. The molecule has 1 heterocycles. The summed E-state index contributed by atoms with van der Waals surface area (Å²) < 4.78 is 6.58. The Labute approximate surface area is 198 Å². The maximum Gasteiger partial charge on any atom is 0.325 e. The highest BCUT2D eigenvalue weighted by Crippen LogP contribution is 2.25. The van der Waals surface area contributed by atoms with E-state index in [1.807, 2.05) is 30.3 Å². The number of aromatic nitrogens is 2. The van der Waals surface area contributed by atoms with Gasteiger partial charge in [-0.1, -0.05) is 29.8 Å². The fraction of sp³-hybridized carbons (Fsp3) is 0.182. The van der Waals surface area contributed by atoms with Gasteiger partial charge in [0, 0.05) is 11.6 Å². The van der Waals surface area contributed by atoms with Gasteiger partial charge in [0.2, 0.25) is 0 Å². The van der Waals surface area contributed by atoms with Crippen molar-refractivity contribution in [3.63, 3.8) is 0 Å². The van der Waals surface area contributed by atoms with Gasteiger partial charge < -0.3 is 15.4 Å². The number of nitrogens with one attached hydrogen (secondary N) is 2. The van der Waals surface area contributed by atoms with Crippen molar-refractivity contribution in [3.05, 3.63) is 80.6 Å². The van der Waals surface area contributed by atoms with Gasteiger partial charge in [0.05, 0.1) is 27.7 Å². The van der Waals surface area contributed by atoms with Gasteiger partial charge in [0.25, 0.3) is 17.5 Å². The quantitative estimate of drug-likeness (QED) is 0.283. The Morgan fingerprint density at radius 1 is 1.15 bits per heavy atom. The van der Waals surface area contributed by atoms with Crippen LogP contribution in [0, 0.1) is 24.0 Å². The number of rotatable bonds is 8. The van der Waals surface area contributed by atoms with Crippen LogP contribution in [0.4, 0.5) is 11.4 Å². The van der Waals surface area contributed by atoms with Crippen molar-refractivity contribution in [2.75, 3.05) is 18.5 Å². The maximum atomic E-state index is 12.3. The lowest BCUT2D eigenvalue weighted by molar-refractivity contribution is -0.384. The number of hydrogen-bond donors (Lipinski definition) is 2. The fourth-order valence-corrected chi connectivity index (χ4v) is 3.25. The number of carbonyl (C=O) groups is 3. The molecule has 12 heteroatoms. The fourth-order valence-electron chi connectivity index (χ4n) is 3.07. The summed E-state index contributed by atoms with van der Waals surface area (Å²) >= 11 is 5.71. The van der Waals surface area contributed by atoms with Crippen molar-refractivity contribution in [1.82, 2.24) is 15.1 Å². The lowest BCUT2D eigenvalue weighted by Gasteiger charge is -2.09. The average Bonchev–Trinajstić information content (AvgIpc) is 3.10. The van der Waals surface area contributed by atoms with Crippen molar-refractivity contribution in [1.29, 1.82) is 0 Å². The number of amides is 2. The van der Waals surface area contributed by atoms with Crippen LogP contribution in [0.15, 0.2) is 48.5 Å². The average molecular weight is 486 g/mol. The van der Waals surface area contributed by atoms with Gasteiger partial charge in [-0.15, -0.1) is 0 Å². The lowest BCUT2D eigenvalue weighted by Crippen LogP contribution is -2.32.